The summed E-state index contributed by atoms with van der Waals surface area (Å²) in [5.74, 6) is 0.554. The van der Waals surface area contributed by atoms with Gasteiger partial charge in [-0.05, 0) is 35.0 Å². The van der Waals surface area contributed by atoms with Crippen molar-refractivity contribution in [2.24, 2.45) is 0 Å². The van der Waals surface area contributed by atoms with Gasteiger partial charge in [-0.2, -0.15) is 0 Å². The number of hydrogen-bond donors (Lipinski definition) is 1. The molecule has 0 saturated carbocycles. The summed E-state index contributed by atoms with van der Waals surface area (Å²) in [5.41, 5.74) is 0. The maximum absolute atomic E-state index is 11.1. The summed E-state index contributed by atoms with van der Waals surface area (Å²) in [6.07, 6.45) is 0. The van der Waals surface area contributed by atoms with Crippen molar-refractivity contribution in [3.63, 3.8) is 0 Å². The van der Waals surface area contributed by atoms with E-state index >= 15 is 0 Å². The molecule has 0 aromatic heterocycles. The molecular formula is C13H12BrNO2. The molecule has 0 bridgehead atoms. The third-order valence-electron chi connectivity index (χ3n) is 2.42. The second-order valence-electron chi connectivity index (χ2n) is 3.62. The average Bonchev–Trinajstić information content (AvgIpc) is 2.35. The minimum atomic E-state index is -0.140. The monoisotopic (exact) mass is 293 g/mol. The van der Waals surface area contributed by atoms with Gasteiger partial charge in [0.05, 0.1) is 0 Å². The zero-order valence-electron chi connectivity index (χ0n) is 9.37. The van der Waals surface area contributed by atoms with Crippen molar-refractivity contribution in [3.8, 4) is 5.75 Å². The van der Waals surface area contributed by atoms with Crippen LogP contribution in [-0.4, -0.2) is 19.6 Å². The van der Waals surface area contributed by atoms with Crippen LogP contribution in [0.3, 0.4) is 0 Å². The van der Waals surface area contributed by atoms with Crippen LogP contribution in [0.15, 0.2) is 40.9 Å². The van der Waals surface area contributed by atoms with Crippen LogP contribution in [0.5, 0.6) is 5.75 Å². The molecule has 2 aromatic rings. The summed E-state index contributed by atoms with van der Waals surface area (Å²) in [7, 11) is 1.59. The van der Waals surface area contributed by atoms with Crippen LogP contribution in [-0.2, 0) is 4.79 Å². The molecule has 2 rings (SSSR count). The molecule has 0 unspecified atom stereocenters. The lowest BCUT2D eigenvalue weighted by molar-refractivity contribution is -0.122. The highest BCUT2D eigenvalue weighted by Gasteiger charge is 2.01. The molecule has 0 spiro atoms. The summed E-state index contributed by atoms with van der Waals surface area (Å²) in [6, 6.07) is 11.8. The van der Waals surface area contributed by atoms with Gasteiger partial charge in [0.25, 0.3) is 5.91 Å². The number of rotatable bonds is 3. The summed E-state index contributed by atoms with van der Waals surface area (Å²) >= 11 is 3.43. The summed E-state index contributed by atoms with van der Waals surface area (Å²) in [6.45, 7) is 0.0377. The van der Waals surface area contributed by atoms with Crippen molar-refractivity contribution in [2.45, 2.75) is 0 Å². The minimum absolute atomic E-state index is 0.0377. The van der Waals surface area contributed by atoms with E-state index in [0.29, 0.717) is 5.75 Å². The Bertz CT molecular complexity index is 554. The zero-order valence-corrected chi connectivity index (χ0v) is 11.0. The van der Waals surface area contributed by atoms with Crippen LogP contribution >= 0.6 is 15.9 Å². The van der Waals surface area contributed by atoms with Gasteiger partial charge in [0, 0.05) is 11.5 Å². The highest BCUT2D eigenvalue weighted by atomic mass is 79.9. The number of amides is 1. The number of fused-ring (bicyclic) bond motifs is 1. The molecule has 1 N–H and O–H groups in total. The SMILES string of the molecule is CNC(=O)COc1ccc2ccc(Br)cc2c1. The largest absolute Gasteiger partial charge is 0.484 e. The molecule has 2 aromatic carbocycles. The zero-order chi connectivity index (χ0) is 12.3. The maximum Gasteiger partial charge on any atom is 0.257 e. The molecule has 17 heavy (non-hydrogen) atoms. The first-order chi connectivity index (χ1) is 8.19. The van der Waals surface area contributed by atoms with Gasteiger partial charge in [0.1, 0.15) is 5.75 Å². The molecular weight excluding hydrogens is 282 g/mol. The lowest BCUT2D eigenvalue weighted by Crippen LogP contribution is -2.24. The van der Waals surface area contributed by atoms with Crippen molar-refractivity contribution >= 4 is 32.6 Å². The molecule has 88 valence electrons. The van der Waals surface area contributed by atoms with E-state index in [-0.39, 0.29) is 12.5 Å². The van der Waals surface area contributed by atoms with Crippen LogP contribution in [0.1, 0.15) is 0 Å². The first-order valence-electron chi connectivity index (χ1n) is 5.22. The number of nitrogens with one attached hydrogen (secondary N) is 1. The van der Waals surface area contributed by atoms with Gasteiger partial charge in [0.15, 0.2) is 6.61 Å². The van der Waals surface area contributed by atoms with E-state index < -0.39 is 0 Å². The van der Waals surface area contributed by atoms with Crippen molar-refractivity contribution in [1.29, 1.82) is 0 Å². The average molecular weight is 294 g/mol. The first-order valence-corrected chi connectivity index (χ1v) is 6.01. The van der Waals surface area contributed by atoms with Crippen LogP contribution < -0.4 is 10.1 Å². The first kappa shape index (κ1) is 11.9. The van der Waals surface area contributed by atoms with E-state index in [0.717, 1.165) is 15.2 Å². The standard InChI is InChI=1S/C13H12BrNO2/c1-15-13(16)8-17-12-5-3-9-2-4-11(14)6-10(9)7-12/h2-7H,8H2,1H3,(H,15,16). The van der Waals surface area contributed by atoms with Crippen LogP contribution in [0.2, 0.25) is 0 Å². The van der Waals surface area contributed by atoms with Crippen molar-refractivity contribution in [2.75, 3.05) is 13.7 Å². The summed E-state index contributed by atoms with van der Waals surface area (Å²) in [5, 5.41) is 4.73. The maximum atomic E-state index is 11.1. The quantitative estimate of drug-likeness (QED) is 0.945. The Morgan fingerprint density at radius 1 is 1.24 bits per heavy atom. The fraction of sp³-hybridized carbons (Fsp3) is 0.154. The molecule has 0 aliphatic carbocycles. The van der Waals surface area contributed by atoms with Crippen molar-refractivity contribution < 1.29 is 9.53 Å². The molecule has 0 aliphatic heterocycles. The summed E-state index contributed by atoms with van der Waals surface area (Å²) < 4.78 is 6.40. The van der Waals surface area contributed by atoms with E-state index in [1.54, 1.807) is 7.05 Å². The Kier molecular flexibility index (Phi) is 3.64. The number of carbonyl (C=O) groups excluding carboxylic acids is 1. The lowest BCUT2D eigenvalue weighted by atomic mass is 10.1. The number of halogens is 1. The highest BCUT2D eigenvalue weighted by Crippen LogP contribution is 2.24. The molecule has 0 aliphatic rings. The van der Waals surface area contributed by atoms with Crippen molar-refractivity contribution in [3.05, 3.63) is 40.9 Å². The van der Waals surface area contributed by atoms with E-state index in [9.17, 15) is 4.79 Å². The number of hydrogen-bond acceptors (Lipinski definition) is 2. The van der Waals surface area contributed by atoms with Gasteiger partial charge in [-0.1, -0.05) is 28.1 Å². The van der Waals surface area contributed by atoms with Gasteiger partial charge in [-0.25, -0.2) is 0 Å². The fourth-order valence-electron chi connectivity index (χ4n) is 1.51. The van der Waals surface area contributed by atoms with E-state index in [1.807, 2.05) is 36.4 Å². The number of carbonyl (C=O) groups is 1. The Morgan fingerprint density at radius 3 is 2.76 bits per heavy atom. The normalized spacial score (nSPS) is 10.2. The smallest absolute Gasteiger partial charge is 0.257 e. The van der Waals surface area contributed by atoms with E-state index in [2.05, 4.69) is 21.2 Å². The topological polar surface area (TPSA) is 38.3 Å². The van der Waals surface area contributed by atoms with Gasteiger partial charge < -0.3 is 10.1 Å². The molecule has 4 heteroatoms. The third-order valence-corrected chi connectivity index (χ3v) is 2.92. The minimum Gasteiger partial charge on any atom is -0.484 e. The number of ether oxygens (including phenoxy) is 1. The second kappa shape index (κ2) is 5.19. The van der Waals surface area contributed by atoms with Crippen LogP contribution in [0.25, 0.3) is 10.8 Å². The highest BCUT2D eigenvalue weighted by molar-refractivity contribution is 9.10. The van der Waals surface area contributed by atoms with E-state index in [1.165, 1.54) is 0 Å². The predicted octanol–water partition coefficient (Wildman–Crippen LogP) is 2.73. The van der Waals surface area contributed by atoms with Gasteiger partial charge in [-0.3, -0.25) is 4.79 Å². The predicted molar refractivity (Wildman–Crippen MR) is 71.2 cm³/mol. The number of likely N-dealkylation sites (N-methyl/N-ethyl adjacent to an activating group) is 1. The Labute approximate surface area is 108 Å². The van der Waals surface area contributed by atoms with Gasteiger partial charge >= 0.3 is 0 Å². The Hall–Kier alpha value is -1.55. The molecule has 0 fully saturated rings. The number of benzene rings is 2. The Balaban J connectivity index is 2.22. The molecule has 1 amide bonds. The molecule has 0 atom stereocenters. The van der Waals surface area contributed by atoms with Gasteiger partial charge in [0.2, 0.25) is 0 Å². The fourth-order valence-corrected chi connectivity index (χ4v) is 1.89. The lowest BCUT2D eigenvalue weighted by Gasteiger charge is -2.06. The van der Waals surface area contributed by atoms with Crippen molar-refractivity contribution in [1.82, 2.24) is 5.32 Å². The second-order valence-corrected chi connectivity index (χ2v) is 4.53. The molecule has 0 radical (unpaired) electrons. The molecule has 0 heterocycles. The van der Waals surface area contributed by atoms with Gasteiger partial charge in [-0.15, -0.1) is 0 Å². The molecule has 3 nitrogen and oxygen atoms in total. The Morgan fingerprint density at radius 2 is 2.00 bits per heavy atom. The third kappa shape index (κ3) is 2.97. The van der Waals surface area contributed by atoms with Crippen LogP contribution in [0.4, 0.5) is 0 Å². The summed E-state index contributed by atoms with van der Waals surface area (Å²) in [4.78, 5) is 11.1. The molecule has 0 saturated heterocycles. The van der Waals surface area contributed by atoms with E-state index in [4.69, 9.17) is 4.74 Å². The van der Waals surface area contributed by atoms with Crippen LogP contribution in [0, 0.1) is 0 Å².